The van der Waals surface area contributed by atoms with Crippen molar-refractivity contribution in [2.24, 2.45) is 0 Å². The van der Waals surface area contributed by atoms with Crippen LogP contribution in [0.1, 0.15) is 12.5 Å². The van der Waals surface area contributed by atoms with Crippen molar-refractivity contribution in [1.29, 1.82) is 0 Å². The van der Waals surface area contributed by atoms with Crippen LogP contribution in [0.2, 0.25) is 3.93 Å². The van der Waals surface area contributed by atoms with Crippen molar-refractivity contribution in [3.8, 4) is 0 Å². The van der Waals surface area contributed by atoms with E-state index in [2.05, 4.69) is 18.6 Å². The maximum atomic E-state index is 12.4. The quantitative estimate of drug-likeness (QED) is 0.676. The molecule has 0 heterocycles. The number of para-hydroxylation sites is 1. The van der Waals surface area contributed by atoms with Crippen LogP contribution in [0, 0.1) is 6.92 Å². The molecule has 0 saturated carbocycles. The van der Waals surface area contributed by atoms with Crippen LogP contribution in [0.25, 0.3) is 0 Å². The number of anilines is 1. The van der Waals surface area contributed by atoms with Crippen molar-refractivity contribution in [2.75, 3.05) is 4.72 Å². The zero-order valence-electron chi connectivity index (χ0n) is 11.8. The predicted octanol–water partition coefficient (Wildman–Crippen LogP) is 2.94. The topological polar surface area (TPSA) is 46.2 Å². The van der Waals surface area contributed by atoms with Gasteiger partial charge < -0.3 is 0 Å². The van der Waals surface area contributed by atoms with Crippen LogP contribution in [-0.2, 0) is 34.6 Å². The van der Waals surface area contributed by atoms with Crippen molar-refractivity contribution < 1.29 is 33.0 Å². The van der Waals surface area contributed by atoms with E-state index in [1.54, 1.807) is 18.2 Å². The van der Waals surface area contributed by atoms with E-state index in [0.717, 1.165) is 0 Å². The summed E-state index contributed by atoms with van der Waals surface area (Å²) in [5, 5.41) is 0. The number of rotatable bonds is 5. The summed E-state index contributed by atoms with van der Waals surface area (Å²) in [6.07, 6.45) is 0. The summed E-state index contributed by atoms with van der Waals surface area (Å²) in [7, 11) is -3.49. The molecular formula is C15H17HgNO2S. The maximum absolute atomic E-state index is 12.4. The number of hydrogen-bond donors (Lipinski definition) is 1. The van der Waals surface area contributed by atoms with Crippen molar-refractivity contribution in [2.45, 2.75) is 22.7 Å². The molecule has 2 aromatic rings. The van der Waals surface area contributed by atoms with Gasteiger partial charge in [-0.05, 0) is 0 Å². The third-order valence-electron chi connectivity index (χ3n) is 3.18. The Hall–Kier alpha value is -0.875. The Morgan fingerprint density at radius 2 is 1.80 bits per heavy atom. The summed E-state index contributed by atoms with van der Waals surface area (Å²) in [4.78, 5) is 0.371. The van der Waals surface area contributed by atoms with Crippen LogP contribution in [0.3, 0.4) is 0 Å². The first-order valence-corrected chi connectivity index (χ1v) is 14.8. The third kappa shape index (κ3) is 3.82. The molecule has 20 heavy (non-hydrogen) atoms. The van der Waals surface area contributed by atoms with E-state index in [1.165, 1.54) is 12.6 Å². The molecule has 2 aromatic carbocycles. The van der Waals surface area contributed by atoms with Gasteiger partial charge in [0.2, 0.25) is 0 Å². The second kappa shape index (κ2) is 6.72. The Labute approximate surface area is 132 Å². The first kappa shape index (κ1) is 15.5. The molecule has 0 aliphatic rings. The average molecular weight is 476 g/mol. The molecular weight excluding hydrogens is 459 g/mol. The van der Waals surface area contributed by atoms with Crippen LogP contribution in [0.5, 0.6) is 0 Å². The fourth-order valence-corrected chi connectivity index (χ4v) is 9.26. The van der Waals surface area contributed by atoms with Crippen molar-refractivity contribution in [1.82, 2.24) is 0 Å². The van der Waals surface area contributed by atoms with Crippen molar-refractivity contribution in [3.05, 3.63) is 54.1 Å². The molecule has 0 radical (unpaired) electrons. The number of benzene rings is 2. The fourth-order valence-electron chi connectivity index (χ4n) is 2.07. The van der Waals surface area contributed by atoms with Crippen LogP contribution < -0.4 is 7.79 Å². The molecule has 0 amide bonds. The second-order valence-electron chi connectivity index (χ2n) is 4.81. The van der Waals surface area contributed by atoms with Crippen LogP contribution >= 0.6 is 0 Å². The zero-order chi connectivity index (χ0) is 14.6. The molecule has 0 saturated heterocycles. The van der Waals surface area contributed by atoms with Gasteiger partial charge in [-0.15, -0.1) is 0 Å². The molecule has 0 bridgehead atoms. The molecule has 0 aromatic heterocycles. The molecule has 0 fully saturated rings. The molecule has 0 unspecified atom stereocenters. The number of aryl methyl sites for hydroxylation is 1. The molecule has 3 nitrogen and oxygen atoms in total. The molecule has 0 aliphatic heterocycles. The van der Waals surface area contributed by atoms with Crippen molar-refractivity contribution >= 4 is 18.8 Å². The first-order chi connectivity index (χ1) is 9.53. The van der Waals surface area contributed by atoms with E-state index in [4.69, 9.17) is 0 Å². The monoisotopic (exact) mass is 477 g/mol. The summed E-state index contributed by atoms with van der Waals surface area (Å²) in [5.74, 6) is 0. The van der Waals surface area contributed by atoms with E-state index in [0.29, 0.717) is 10.6 Å². The van der Waals surface area contributed by atoms with Gasteiger partial charge in [0.05, 0.1) is 0 Å². The molecule has 0 aliphatic carbocycles. The molecule has 0 atom stereocenters. The summed E-state index contributed by atoms with van der Waals surface area (Å²) in [6, 6.07) is 14.5. The van der Waals surface area contributed by atoms with Crippen LogP contribution in [0.4, 0.5) is 5.69 Å². The van der Waals surface area contributed by atoms with E-state index < -0.39 is 34.6 Å². The van der Waals surface area contributed by atoms with Gasteiger partial charge in [-0.1, -0.05) is 0 Å². The molecule has 0 spiro atoms. The molecule has 2 rings (SSSR count). The van der Waals surface area contributed by atoms with Gasteiger partial charge in [-0.3, -0.25) is 0 Å². The average Bonchev–Trinajstić information content (AvgIpc) is 2.42. The van der Waals surface area contributed by atoms with Crippen LogP contribution in [-0.4, -0.2) is 8.42 Å². The Kier molecular flexibility index (Phi) is 5.21. The normalized spacial score (nSPS) is 10.9. The summed E-state index contributed by atoms with van der Waals surface area (Å²) < 4.78 is 29.9. The van der Waals surface area contributed by atoms with Gasteiger partial charge in [0, 0.05) is 0 Å². The summed E-state index contributed by atoms with van der Waals surface area (Å²) in [5.41, 5.74) is 1.82. The summed E-state index contributed by atoms with van der Waals surface area (Å²) >= 11 is -1.13. The van der Waals surface area contributed by atoms with Gasteiger partial charge in [0.15, 0.2) is 0 Å². The van der Waals surface area contributed by atoms with Crippen LogP contribution in [0.15, 0.2) is 53.4 Å². The SMILES string of the molecule is C[CH2][Hg][c]1cc(S(=O)(=O)Nc2ccccc2)ccc1C. The minimum absolute atomic E-state index is 0.371. The van der Waals surface area contributed by atoms with Gasteiger partial charge in [-0.2, -0.15) is 0 Å². The standard InChI is InChI=1S/C13H12NO2S.C2H5.Hg/c1-11-7-9-13(10-8-11)17(15,16)14-12-5-3-2-4-6-12;1-2;/h2-7,9-10,14H,1H3;1H2,2H3;. The van der Waals surface area contributed by atoms with Crippen molar-refractivity contribution in [3.63, 3.8) is 0 Å². The minimum atomic E-state index is -3.49. The Balaban J connectivity index is 2.32. The Bertz CT molecular complexity index is 684. The Morgan fingerprint density at radius 1 is 1.10 bits per heavy atom. The first-order valence-electron chi connectivity index (χ1n) is 6.70. The predicted molar refractivity (Wildman–Crippen MR) is 78.5 cm³/mol. The molecule has 5 heteroatoms. The third-order valence-corrected chi connectivity index (χ3v) is 11.6. The Morgan fingerprint density at radius 3 is 2.45 bits per heavy atom. The molecule has 102 valence electrons. The fraction of sp³-hybridized carbons (Fsp3) is 0.200. The zero-order valence-corrected chi connectivity index (χ0v) is 18.1. The number of sulfonamides is 1. The molecule has 1 N–H and O–H groups in total. The number of hydrogen-bond acceptors (Lipinski definition) is 2. The van der Waals surface area contributed by atoms with E-state index >= 15 is 0 Å². The van der Waals surface area contributed by atoms with E-state index in [9.17, 15) is 8.42 Å². The number of nitrogens with one attached hydrogen (secondary N) is 1. The summed E-state index contributed by atoms with van der Waals surface area (Å²) in [6.45, 7) is 4.25. The van der Waals surface area contributed by atoms with Gasteiger partial charge in [0.25, 0.3) is 0 Å². The van der Waals surface area contributed by atoms with Gasteiger partial charge in [-0.25, -0.2) is 0 Å². The van der Waals surface area contributed by atoms with Gasteiger partial charge in [0.1, 0.15) is 0 Å². The second-order valence-corrected chi connectivity index (χ2v) is 15.3. The van der Waals surface area contributed by atoms with E-state index in [-0.39, 0.29) is 0 Å². The van der Waals surface area contributed by atoms with E-state index in [1.807, 2.05) is 30.3 Å². The van der Waals surface area contributed by atoms with Gasteiger partial charge >= 0.3 is 133 Å².